The van der Waals surface area contributed by atoms with Crippen LogP contribution in [0.4, 0.5) is 4.39 Å². The summed E-state index contributed by atoms with van der Waals surface area (Å²) in [5.74, 6) is 0.601. The maximum atomic E-state index is 14.3. The molecule has 8 heteroatoms. The van der Waals surface area contributed by atoms with Gasteiger partial charge in [-0.05, 0) is 42.8 Å². The predicted octanol–water partition coefficient (Wildman–Crippen LogP) is 4.09. The molecular formula is C25H21FN6O. The molecule has 33 heavy (non-hydrogen) atoms. The predicted molar refractivity (Wildman–Crippen MR) is 124 cm³/mol. The van der Waals surface area contributed by atoms with E-state index in [0.29, 0.717) is 24.2 Å². The van der Waals surface area contributed by atoms with Crippen LogP contribution in [0, 0.1) is 0 Å². The molecule has 0 amide bonds. The van der Waals surface area contributed by atoms with Gasteiger partial charge in [-0.3, -0.25) is 4.40 Å². The fourth-order valence-corrected chi connectivity index (χ4v) is 4.25. The maximum Gasteiger partial charge on any atom is 0.149 e. The number of rotatable bonds is 4. The van der Waals surface area contributed by atoms with E-state index in [9.17, 15) is 4.39 Å². The van der Waals surface area contributed by atoms with Gasteiger partial charge in [-0.2, -0.15) is 0 Å². The van der Waals surface area contributed by atoms with Crippen molar-refractivity contribution >= 4 is 16.6 Å². The second-order valence-electron chi connectivity index (χ2n) is 8.10. The third-order valence-corrected chi connectivity index (χ3v) is 5.98. The molecule has 2 atom stereocenters. The minimum atomic E-state index is -1.04. The Morgan fingerprint density at radius 3 is 2.82 bits per heavy atom. The minimum absolute atomic E-state index is 0.313. The van der Waals surface area contributed by atoms with Gasteiger partial charge in [0, 0.05) is 36.1 Å². The number of nitrogens with one attached hydrogen (secondary N) is 1. The Kier molecular flexibility index (Phi) is 4.92. The third-order valence-electron chi connectivity index (χ3n) is 5.98. The van der Waals surface area contributed by atoms with E-state index in [1.807, 2.05) is 59.3 Å². The molecule has 0 bridgehead atoms. The molecule has 5 aromatic rings. The Hall–Kier alpha value is -3.91. The standard InChI is InChI=1S/C25H21FN6O/c26-19-13-27-8-6-22(19)33-23-3-1-2-16-4-5-20(31-25(16)23)21-14-30-24-10-17(7-9-32(21)24)18-11-28-15-29-12-18/h1-5,7,9-12,14-15,19,22,27H,6,8,13H2. The second-order valence-corrected chi connectivity index (χ2v) is 8.10. The summed E-state index contributed by atoms with van der Waals surface area (Å²) in [6.45, 7) is 1.06. The molecule has 1 N–H and O–H groups in total. The lowest BCUT2D eigenvalue weighted by molar-refractivity contribution is 0.0743. The van der Waals surface area contributed by atoms with Crippen LogP contribution in [0.1, 0.15) is 6.42 Å². The molecule has 2 unspecified atom stereocenters. The van der Waals surface area contributed by atoms with E-state index in [-0.39, 0.29) is 0 Å². The van der Waals surface area contributed by atoms with Crippen LogP contribution in [0.2, 0.25) is 0 Å². The van der Waals surface area contributed by atoms with Crippen molar-refractivity contribution < 1.29 is 9.13 Å². The van der Waals surface area contributed by atoms with Crippen molar-refractivity contribution in [3.63, 3.8) is 0 Å². The lowest BCUT2D eigenvalue weighted by Crippen LogP contribution is -2.44. The maximum absolute atomic E-state index is 14.3. The Bertz CT molecular complexity index is 1440. The molecule has 6 rings (SSSR count). The highest BCUT2D eigenvalue weighted by atomic mass is 19.1. The van der Waals surface area contributed by atoms with Gasteiger partial charge >= 0.3 is 0 Å². The first-order valence-electron chi connectivity index (χ1n) is 10.9. The average Bonchev–Trinajstić information content (AvgIpc) is 3.29. The van der Waals surface area contributed by atoms with Gasteiger partial charge in [0.1, 0.15) is 35.5 Å². The van der Waals surface area contributed by atoms with Crippen LogP contribution >= 0.6 is 0 Å². The van der Waals surface area contributed by atoms with E-state index in [2.05, 4.69) is 20.3 Å². The number of hydrogen-bond acceptors (Lipinski definition) is 6. The molecule has 1 aromatic carbocycles. The molecule has 1 saturated heterocycles. The van der Waals surface area contributed by atoms with Crippen molar-refractivity contribution in [1.29, 1.82) is 0 Å². The van der Waals surface area contributed by atoms with Gasteiger partial charge in [-0.25, -0.2) is 24.3 Å². The molecule has 1 fully saturated rings. The van der Waals surface area contributed by atoms with Gasteiger partial charge in [-0.15, -0.1) is 0 Å². The second kappa shape index (κ2) is 8.22. The smallest absolute Gasteiger partial charge is 0.149 e. The molecule has 0 radical (unpaired) electrons. The molecule has 0 saturated carbocycles. The SMILES string of the molecule is FC1CNCCC1Oc1cccc2ccc(-c3cnc4cc(-c5cncnc5)ccn34)nc12. The Balaban J connectivity index is 1.39. The van der Waals surface area contributed by atoms with Crippen molar-refractivity contribution in [2.24, 2.45) is 0 Å². The molecule has 1 aliphatic heterocycles. The van der Waals surface area contributed by atoms with Gasteiger partial charge in [0.05, 0.1) is 17.6 Å². The molecule has 0 aliphatic carbocycles. The highest BCUT2D eigenvalue weighted by Crippen LogP contribution is 2.30. The summed E-state index contributed by atoms with van der Waals surface area (Å²) in [7, 11) is 0. The van der Waals surface area contributed by atoms with Crippen LogP contribution in [0.5, 0.6) is 5.75 Å². The highest BCUT2D eigenvalue weighted by molar-refractivity contribution is 5.86. The highest BCUT2D eigenvalue weighted by Gasteiger charge is 2.27. The first-order chi connectivity index (χ1) is 16.3. The van der Waals surface area contributed by atoms with Gasteiger partial charge in [0.15, 0.2) is 0 Å². The van der Waals surface area contributed by atoms with Crippen LogP contribution in [-0.2, 0) is 0 Å². The van der Waals surface area contributed by atoms with Gasteiger partial charge < -0.3 is 10.1 Å². The molecule has 0 spiro atoms. The van der Waals surface area contributed by atoms with Gasteiger partial charge in [-0.1, -0.05) is 18.2 Å². The normalized spacial score (nSPS) is 18.6. The zero-order chi connectivity index (χ0) is 22.2. The summed E-state index contributed by atoms with van der Waals surface area (Å²) < 4.78 is 22.4. The number of ether oxygens (including phenoxy) is 1. The summed E-state index contributed by atoms with van der Waals surface area (Å²) in [6.07, 6.45) is 7.95. The first-order valence-corrected chi connectivity index (χ1v) is 10.9. The van der Waals surface area contributed by atoms with Crippen molar-refractivity contribution in [3.05, 3.63) is 73.6 Å². The number of fused-ring (bicyclic) bond motifs is 2. The van der Waals surface area contributed by atoms with Crippen LogP contribution in [-0.4, -0.2) is 49.7 Å². The summed E-state index contributed by atoms with van der Waals surface area (Å²) in [5, 5.41) is 4.00. The summed E-state index contributed by atoms with van der Waals surface area (Å²) in [6, 6.07) is 13.7. The van der Waals surface area contributed by atoms with Gasteiger partial charge in [0.2, 0.25) is 0 Å². The molecule has 1 aliphatic rings. The van der Waals surface area contributed by atoms with E-state index in [4.69, 9.17) is 9.72 Å². The van der Waals surface area contributed by atoms with E-state index in [1.54, 1.807) is 12.4 Å². The lowest BCUT2D eigenvalue weighted by atomic mass is 10.1. The van der Waals surface area contributed by atoms with Crippen molar-refractivity contribution in [3.8, 4) is 28.3 Å². The van der Waals surface area contributed by atoms with Gasteiger partial charge in [0.25, 0.3) is 0 Å². The number of benzene rings is 1. The third kappa shape index (κ3) is 3.68. The van der Waals surface area contributed by atoms with E-state index in [0.717, 1.165) is 40.1 Å². The fourth-order valence-electron chi connectivity index (χ4n) is 4.25. The average molecular weight is 440 g/mol. The van der Waals surface area contributed by atoms with Crippen LogP contribution in [0.3, 0.4) is 0 Å². The molecular weight excluding hydrogens is 419 g/mol. The van der Waals surface area contributed by atoms with Crippen molar-refractivity contribution in [2.45, 2.75) is 18.7 Å². The topological polar surface area (TPSA) is 77.2 Å². The number of imidazole rings is 1. The zero-order valence-electron chi connectivity index (χ0n) is 17.7. The Morgan fingerprint density at radius 1 is 1.03 bits per heavy atom. The number of pyridine rings is 2. The zero-order valence-corrected chi connectivity index (χ0v) is 17.7. The minimum Gasteiger partial charge on any atom is -0.485 e. The van der Waals surface area contributed by atoms with Crippen molar-refractivity contribution in [2.75, 3.05) is 13.1 Å². The number of nitrogens with zero attached hydrogens (tertiary/aromatic N) is 5. The quantitative estimate of drug-likeness (QED) is 0.454. The lowest BCUT2D eigenvalue weighted by Gasteiger charge is -2.27. The van der Waals surface area contributed by atoms with E-state index < -0.39 is 12.3 Å². The number of alkyl halides is 1. The number of piperidine rings is 1. The first kappa shape index (κ1) is 19.8. The van der Waals surface area contributed by atoms with Crippen LogP contribution in [0.15, 0.2) is 73.6 Å². The molecule has 164 valence electrons. The van der Waals surface area contributed by atoms with E-state index >= 15 is 0 Å². The number of halogens is 1. The van der Waals surface area contributed by atoms with Crippen LogP contribution in [0.25, 0.3) is 39.1 Å². The van der Waals surface area contributed by atoms with Crippen LogP contribution < -0.4 is 10.1 Å². The summed E-state index contributed by atoms with van der Waals surface area (Å²) in [5.41, 5.74) is 5.07. The molecule has 5 heterocycles. The monoisotopic (exact) mass is 440 g/mol. The molecule has 7 nitrogen and oxygen atoms in total. The largest absolute Gasteiger partial charge is 0.485 e. The number of hydrogen-bond donors (Lipinski definition) is 1. The molecule has 4 aromatic heterocycles. The van der Waals surface area contributed by atoms with Crippen molar-refractivity contribution in [1.82, 2.24) is 29.7 Å². The van der Waals surface area contributed by atoms with E-state index in [1.165, 1.54) is 6.33 Å². The fraction of sp³-hybridized carbons (Fsp3) is 0.200. The number of para-hydroxylation sites is 1. The Labute approximate surface area is 189 Å². The number of aromatic nitrogens is 5. The summed E-state index contributed by atoms with van der Waals surface area (Å²) in [4.78, 5) is 17.7. The summed E-state index contributed by atoms with van der Waals surface area (Å²) >= 11 is 0. The Morgan fingerprint density at radius 2 is 1.94 bits per heavy atom.